The Hall–Kier alpha value is -1.67. The van der Waals surface area contributed by atoms with Gasteiger partial charge in [-0.3, -0.25) is 0 Å². The monoisotopic (exact) mass is 691 g/mol. The van der Waals surface area contributed by atoms with Crippen molar-refractivity contribution in [2.75, 3.05) is 13.6 Å². The highest BCUT2D eigenvalue weighted by atomic mass is 35.5. The summed E-state index contributed by atoms with van der Waals surface area (Å²) in [5.74, 6) is -5.17. The second-order valence-electron chi connectivity index (χ2n) is 8.93. The van der Waals surface area contributed by atoms with Gasteiger partial charge in [-0.2, -0.15) is 39.5 Å². The van der Waals surface area contributed by atoms with E-state index in [9.17, 15) is 39.5 Å². The molecule has 1 nitrogen and oxygen atoms in total. The van der Waals surface area contributed by atoms with Crippen LogP contribution in [0, 0.1) is 5.92 Å². The molecule has 0 N–H and O–H groups in total. The number of rotatable bonds is 8. The summed E-state index contributed by atoms with van der Waals surface area (Å²) in [6.45, 7) is -0.0114. The Labute approximate surface area is 254 Å². The minimum absolute atomic E-state index is 0.0698. The molecule has 0 aliphatic rings. The predicted octanol–water partition coefficient (Wildman–Crippen LogP) is 10.9. The topological polar surface area (TPSA) is 3.24 Å². The van der Waals surface area contributed by atoms with Crippen molar-refractivity contribution >= 4 is 74.9 Å². The van der Waals surface area contributed by atoms with Crippen molar-refractivity contribution in [2.45, 2.75) is 37.8 Å². The number of alkyl halides is 9. The SMILES string of the molecule is C[C@@H](CC(=S)c1ccc(/C(F)=C/C(c2cc(Cl)c(Cl)c(Cl)c2)C(F)(F)F)cc1C(F)(F)F)C(=S)N(C)CC(F)(F)F. The van der Waals surface area contributed by atoms with Crippen molar-refractivity contribution in [2.24, 2.45) is 5.92 Å². The molecule has 0 bridgehead atoms. The third-order valence-corrected chi connectivity index (χ3v) is 7.94. The van der Waals surface area contributed by atoms with E-state index in [1.54, 1.807) is 0 Å². The molecule has 0 saturated heterocycles. The van der Waals surface area contributed by atoms with Crippen molar-refractivity contribution in [3.05, 3.63) is 73.7 Å². The van der Waals surface area contributed by atoms with Crippen LogP contribution in [0.4, 0.5) is 43.9 Å². The van der Waals surface area contributed by atoms with Crippen LogP contribution in [-0.4, -0.2) is 40.7 Å². The highest BCUT2D eigenvalue weighted by Gasteiger charge is 2.41. The average Bonchev–Trinajstić information content (AvgIpc) is 2.82. The highest BCUT2D eigenvalue weighted by Crippen LogP contribution is 2.43. The van der Waals surface area contributed by atoms with Gasteiger partial charge in [0.2, 0.25) is 0 Å². The van der Waals surface area contributed by atoms with Gasteiger partial charge in [0.15, 0.2) is 0 Å². The zero-order valence-corrected chi connectivity index (χ0v) is 24.6. The van der Waals surface area contributed by atoms with Gasteiger partial charge in [0.1, 0.15) is 18.3 Å². The normalized spacial score (nSPS) is 14.6. The molecule has 0 aliphatic carbocycles. The molecule has 16 heteroatoms. The summed E-state index contributed by atoms with van der Waals surface area (Å²) in [7, 11) is 1.07. The van der Waals surface area contributed by atoms with E-state index in [2.05, 4.69) is 0 Å². The summed E-state index contributed by atoms with van der Waals surface area (Å²) < 4.78 is 136. The van der Waals surface area contributed by atoms with Gasteiger partial charge in [0, 0.05) is 29.0 Å². The van der Waals surface area contributed by atoms with E-state index in [4.69, 9.17) is 59.2 Å². The second-order valence-corrected chi connectivity index (χ2v) is 11.0. The first-order chi connectivity index (χ1) is 18.5. The lowest BCUT2D eigenvalue weighted by Crippen LogP contribution is -2.38. The maximum absolute atomic E-state index is 15.1. The molecule has 0 spiro atoms. The van der Waals surface area contributed by atoms with Gasteiger partial charge in [-0.25, -0.2) is 4.39 Å². The second kappa shape index (κ2) is 13.3. The van der Waals surface area contributed by atoms with Crippen LogP contribution in [-0.2, 0) is 6.18 Å². The zero-order chi connectivity index (χ0) is 31.7. The maximum Gasteiger partial charge on any atom is 0.417 e. The lowest BCUT2D eigenvalue weighted by Gasteiger charge is -2.26. The zero-order valence-electron chi connectivity index (χ0n) is 20.7. The molecule has 1 unspecified atom stereocenters. The van der Waals surface area contributed by atoms with Gasteiger partial charge >= 0.3 is 18.5 Å². The van der Waals surface area contributed by atoms with Gasteiger partial charge in [-0.05, 0) is 36.3 Å². The molecule has 2 aromatic rings. The molecule has 0 heterocycles. The third kappa shape index (κ3) is 9.67. The fraction of sp³-hybridized carbons (Fsp3) is 0.360. The lowest BCUT2D eigenvalue weighted by atomic mass is 9.93. The summed E-state index contributed by atoms with van der Waals surface area (Å²) in [5.41, 5.74) is -3.49. The predicted molar refractivity (Wildman–Crippen MR) is 148 cm³/mol. The number of allylic oxidation sites excluding steroid dienone is 1. The Kier molecular flexibility index (Phi) is 11.5. The molecule has 0 saturated carbocycles. The number of halogens is 13. The van der Waals surface area contributed by atoms with Crippen LogP contribution >= 0.6 is 59.2 Å². The summed E-state index contributed by atoms with van der Waals surface area (Å²) in [4.78, 5) is 0.167. The molecule has 2 rings (SSSR count). The molecule has 0 fully saturated rings. The summed E-state index contributed by atoms with van der Waals surface area (Å²) in [5, 5.41) is -0.952. The van der Waals surface area contributed by atoms with Gasteiger partial charge in [0.25, 0.3) is 0 Å². The minimum atomic E-state index is -5.12. The quantitative estimate of drug-likeness (QED) is 0.117. The molecule has 0 aromatic heterocycles. The first-order valence-electron chi connectivity index (χ1n) is 11.2. The highest BCUT2D eigenvalue weighted by molar-refractivity contribution is 7.81. The third-order valence-electron chi connectivity index (χ3n) is 5.64. The maximum atomic E-state index is 15.1. The van der Waals surface area contributed by atoms with Crippen molar-refractivity contribution in [3.63, 3.8) is 0 Å². The summed E-state index contributed by atoms with van der Waals surface area (Å²) in [6, 6.07) is 3.48. The van der Waals surface area contributed by atoms with Crippen LogP contribution in [0.1, 0.15) is 41.5 Å². The Morgan fingerprint density at radius 1 is 0.927 bits per heavy atom. The fourth-order valence-corrected chi connectivity index (χ4v) is 4.93. The van der Waals surface area contributed by atoms with Crippen molar-refractivity contribution < 1.29 is 43.9 Å². The smallest absolute Gasteiger partial charge is 0.360 e. The summed E-state index contributed by atoms with van der Waals surface area (Å²) in [6.07, 6.45) is -15.1. The van der Waals surface area contributed by atoms with Crippen LogP contribution < -0.4 is 0 Å². The molecule has 226 valence electrons. The van der Waals surface area contributed by atoms with Crippen LogP contribution in [0.2, 0.25) is 15.1 Å². The molecule has 0 amide bonds. The van der Waals surface area contributed by atoms with Gasteiger partial charge in [-0.1, -0.05) is 78.3 Å². The van der Waals surface area contributed by atoms with E-state index in [-0.39, 0.29) is 37.4 Å². The molecule has 0 radical (unpaired) electrons. The molecule has 2 aromatic carbocycles. The number of hydrogen-bond acceptors (Lipinski definition) is 2. The van der Waals surface area contributed by atoms with Crippen molar-refractivity contribution in [3.8, 4) is 0 Å². The van der Waals surface area contributed by atoms with Gasteiger partial charge < -0.3 is 4.90 Å². The molecule has 2 atom stereocenters. The molecular weight excluding hydrogens is 675 g/mol. The van der Waals surface area contributed by atoms with E-state index >= 15 is 4.39 Å². The molecule has 0 aliphatic heterocycles. The van der Waals surface area contributed by atoms with Crippen LogP contribution in [0.15, 0.2) is 36.4 Å². The van der Waals surface area contributed by atoms with Gasteiger partial charge in [-0.15, -0.1) is 0 Å². The summed E-state index contributed by atoms with van der Waals surface area (Å²) >= 11 is 27.4. The number of thiocarbonyl (C=S) groups is 2. The molecule has 41 heavy (non-hydrogen) atoms. The van der Waals surface area contributed by atoms with Crippen molar-refractivity contribution in [1.82, 2.24) is 4.90 Å². The van der Waals surface area contributed by atoms with Crippen LogP contribution in [0.5, 0.6) is 0 Å². The number of nitrogens with zero attached hydrogens (tertiary/aromatic N) is 1. The number of benzene rings is 2. The van der Waals surface area contributed by atoms with E-state index < -0.39 is 65.0 Å². The largest absolute Gasteiger partial charge is 0.417 e. The van der Waals surface area contributed by atoms with E-state index in [0.717, 1.165) is 31.3 Å². The lowest BCUT2D eigenvalue weighted by molar-refractivity contribution is -0.140. The minimum Gasteiger partial charge on any atom is -0.360 e. The van der Waals surface area contributed by atoms with E-state index in [1.165, 1.54) is 6.92 Å². The standard InChI is InChI=1S/C25H18Cl3F10NS2/c1-11(22(41)39(2)10-23(30,31)32)5-20(40)14-4-3-12(6-16(14)25(36,37)38)19(29)9-15(24(33,34)35)13-7-17(26)21(28)18(27)8-13/h3-4,6-9,11,15H,5,10H2,1-2H3/b19-9-/t11-,15?/m0/s1. The fourth-order valence-electron chi connectivity index (χ4n) is 3.75. The van der Waals surface area contributed by atoms with Crippen molar-refractivity contribution in [1.29, 1.82) is 0 Å². The van der Waals surface area contributed by atoms with Crippen LogP contribution in [0.25, 0.3) is 5.83 Å². The first kappa shape index (κ1) is 35.5. The first-order valence-corrected chi connectivity index (χ1v) is 13.1. The van der Waals surface area contributed by atoms with Gasteiger partial charge in [0.05, 0.1) is 25.6 Å². The van der Waals surface area contributed by atoms with E-state index in [0.29, 0.717) is 11.0 Å². The Morgan fingerprint density at radius 3 is 1.93 bits per heavy atom. The Balaban J connectivity index is 2.47. The number of hydrogen-bond donors (Lipinski definition) is 0. The average molecular weight is 693 g/mol. The van der Waals surface area contributed by atoms with E-state index in [1.807, 2.05) is 0 Å². The van der Waals surface area contributed by atoms with Crippen LogP contribution in [0.3, 0.4) is 0 Å². The Morgan fingerprint density at radius 2 is 1.46 bits per heavy atom. The molecular formula is C25H18Cl3F10NS2. The Bertz CT molecular complexity index is 1310.